The quantitative estimate of drug-likeness (QED) is 0.561. The van der Waals surface area contributed by atoms with Crippen LogP contribution in [-0.2, 0) is 4.79 Å². The van der Waals surface area contributed by atoms with Crippen molar-refractivity contribution in [2.24, 2.45) is 11.8 Å². The van der Waals surface area contributed by atoms with E-state index >= 15 is 0 Å². The molecule has 0 aromatic rings. The Morgan fingerprint density at radius 3 is 2.00 bits per heavy atom. The van der Waals surface area contributed by atoms with Crippen molar-refractivity contribution in [3.8, 4) is 0 Å². The number of hydrogen-bond acceptors (Lipinski definition) is 1. The van der Waals surface area contributed by atoms with E-state index in [0.717, 1.165) is 25.7 Å². The summed E-state index contributed by atoms with van der Waals surface area (Å²) in [6, 6.07) is 0. The van der Waals surface area contributed by atoms with Gasteiger partial charge in [-0.05, 0) is 18.8 Å². The van der Waals surface area contributed by atoms with Crippen LogP contribution in [0.5, 0.6) is 0 Å². The normalized spacial score (nSPS) is 14.5. The molecule has 17 heavy (non-hydrogen) atoms. The highest BCUT2D eigenvalue weighted by Crippen LogP contribution is 2.26. The standard InChI is InChI=1S/C15H30O2/c1-4-7-10-13(9-6-3)12-14(15(16)17)11-8-5-2/h13-14H,4-12H2,1-3H3,(H,16,17). The number of hydrogen-bond donors (Lipinski definition) is 1. The molecule has 0 radical (unpaired) electrons. The van der Waals surface area contributed by atoms with Crippen molar-refractivity contribution in [3.63, 3.8) is 0 Å². The van der Waals surface area contributed by atoms with Crippen LogP contribution in [0, 0.1) is 11.8 Å². The molecule has 2 heteroatoms. The minimum atomic E-state index is -0.587. The SMILES string of the molecule is CCCCC(CCC)CC(CCCC)C(=O)O. The first-order valence-electron chi connectivity index (χ1n) is 7.38. The molecule has 0 aliphatic carbocycles. The maximum Gasteiger partial charge on any atom is 0.306 e. The Bertz CT molecular complexity index is 189. The van der Waals surface area contributed by atoms with Gasteiger partial charge in [-0.1, -0.05) is 65.7 Å². The zero-order chi connectivity index (χ0) is 13.1. The Balaban J connectivity index is 4.18. The molecule has 0 amide bonds. The largest absolute Gasteiger partial charge is 0.481 e. The van der Waals surface area contributed by atoms with Gasteiger partial charge in [-0.3, -0.25) is 4.79 Å². The van der Waals surface area contributed by atoms with Crippen LogP contribution in [0.3, 0.4) is 0 Å². The predicted molar refractivity (Wildman–Crippen MR) is 73.2 cm³/mol. The molecular formula is C15H30O2. The van der Waals surface area contributed by atoms with Gasteiger partial charge in [0.05, 0.1) is 5.92 Å². The van der Waals surface area contributed by atoms with E-state index in [1.54, 1.807) is 0 Å². The van der Waals surface area contributed by atoms with Crippen molar-refractivity contribution < 1.29 is 9.90 Å². The minimum Gasteiger partial charge on any atom is -0.481 e. The lowest BCUT2D eigenvalue weighted by atomic mass is 9.85. The number of carboxylic acids is 1. The van der Waals surface area contributed by atoms with Crippen LogP contribution in [-0.4, -0.2) is 11.1 Å². The van der Waals surface area contributed by atoms with Crippen molar-refractivity contribution in [1.82, 2.24) is 0 Å². The van der Waals surface area contributed by atoms with Crippen molar-refractivity contribution in [3.05, 3.63) is 0 Å². The average molecular weight is 242 g/mol. The van der Waals surface area contributed by atoms with E-state index < -0.39 is 5.97 Å². The van der Waals surface area contributed by atoms with E-state index in [1.165, 1.54) is 32.1 Å². The van der Waals surface area contributed by atoms with E-state index in [2.05, 4.69) is 20.8 Å². The van der Waals surface area contributed by atoms with Gasteiger partial charge in [-0.2, -0.15) is 0 Å². The Morgan fingerprint density at radius 2 is 1.53 bits per heavy atom. The number of aliphatic carboxylic acids is 1. The molecule has 0 aliphatic heterocycles. The van der Waals surface area contributed by atoms with Gasteiger partial charge in [-0.25, -0.2) is 0 Å². The second kappa shape index (κ2) is 10.6. The first-order chi connectivity index (χ1) is 8.15. The van der Waals surface area contributed by atoms with E-state index in [1.807, 2.05) is 0 Å². The molecule has 0 fully saturated rings. The third kappa shape index (κ3) is 8.23. The Hall–Kier alpha value is -0.530. The summed E-state index contributed by atoms with van der Waals surface area (Å²) < 4.78 is 0. The van der Waals surface area contributed by atoms with Gasteiger partial charge >= 0.3 is 5.97 Å². The fraction of sp³-hybridized carbons (Fsp3) is 0.933. The molecule has 2 nitrogen and oxygen atoms in total. The molecule has 2 unspecified atom stereocenters. The van der Waals surface area contributed by atoms with Crippen molar-refractivity contribution >= 4 is 5.97 Å². The summed E-state index contributed by atoms with van der Waals surface area (Å²) in [6.45, 7) is 6.52. The molecule has 0 bridgehead atoms. The molecule has 1 N–H and O–H groups in total. The predicted octanol–water partition coefficient (Wildman–Crippen LogP) is 4.87. The number of carbonyl (C=O) groups is 1. The topological polar surface area (TPSA) is 37.3 Å². The number of rotatable bonds is 11. The van der Waals surface area contributed by atoms with Crippen LogP contribution in [0.1, 0.15) is 78.6 Å². The first-order valence-corrected chi connectivity index (χ1v) is 7.38. The first kappa shape index (κ1) is 16.5. The van der Waals surface area contributed by atoms with Gasteiger partial charge in [0.1, 0.15) is 0 Å². The zero-order valence-corrected chi connectivity index (χ0v) is 11.9. The summed E-state index contributed by atoms with van der Waals surface area (Å²) >= 11 is 0. The lowest BCUT2D eigenvalue weighted by molar-refractivity contribution is -0.142. The third-order valence-electron chi connectivity index (χ3n) is 3.54. The van der Waals surface area contributed by atoms with Crippen LogP contribution in [0.15, 0.2) is 0 Å². The van der Waals surface area contributed by atoms with Crippen LogP contribution in [0.25, 0.3) is 0 Å². The van der Waals surface area contributed by atoms with Gasteiger partial charge in [0.25, 0.3) is 0 Å². The second-order valence-electron chi connectivity index (χ2n) is 5.21. The molecule has 0 heterocycles. The Labute approximate surface area is 107 Å². The van der Waals surface area contributed by atoms with E-state index in [-0.39, 0.29) is 5.92 Å². The smallest absolute Gasteiger partial charge is 0.306 e. The molecule has 2 atom stereocenters. The number of carboxylic acid groups (broad SMARTS) is 1. The van der Waals surface area contributed by atoms with Crippen LogP contribution >= 0.6 is 0 Å². The highest BCUT2D eigenvalue weighted by Gasteiger charge is 2.21. The van der Waals surface area contributed by atoms with Gasteiger partial charge in [-0.15, -0.1) is 0 Å². The van der Waals surface area contributed by atoms with Crippen LogP contribution in [0.2, 0.25) is 0 Å². The fourth-order valence-corrected chi connectivity index (χ4v) is 2.48. The highest BCUT2D eigenvalue weighted by molar-refractivity contribution is 5.69. The highest BCUT2D eigenvalue weighted by atomic mass is 16.4. The molecule has 102 valence electrons. The molecule has 0 saturated heterocycles. The monoisotopic (exact) mass is 242 g/mol. The van der Waals surface area contributed by atoms with Crippen LogP contribution < -0.4 is 0 Å². The molecule has 0 aromatic carbocycles. The van der Waals surface area contributed by atoms with Crippen molar-refractivity contribution in [1.29, 1.82) is 0 Å². The fourth-order valence-electron chi connectivity index (χ4n) is 2.48. The number of unbranched alkanes of at least 4 members (excludes halogenated alkanes) is 2. The summed E-state index contributed by atoms with van der Waals surface area (Å²) in [5.74, 6) is -0.0719. The minimum absolute atomic E-state index is 0.108. The van der Waals surface area contributed by atoms with Gasteiger partial charge in [0, 0.05) is 0 Å². The summed E-state index contributed by atoms with van der Waals surface area (Å²) in [7, 11) is 0. The second-order valence-corrected chi connectivity index (χ2v) is 5.21. The molecule has 0 aliphatic rings. The maximum atomic E-state index is 11.2. The zero-order valence-electron chi connectivity index (χ0n) is 11.9. The molecular weight excluding hydrogens is 212 g/mol. The summed E-state index contributed by atoms with van der Waals surface area (Å²) in [5, 5.41) is 9.24. The van der Waals surface area contributed by atoms with E-state index in [0.29, 0.717) is 5.92 Å². The van der Waals surface area contributed by atoms with Crippen molar-refractivity contribution in [2.45, 2.75) is 78.6 Å². The molecule has 0 rings (SSSR count). The molecule has 0 aromatic heterocycles. The summed E-state index contributed by atoms with van der Waals surface area (Å²) in [5.41, 5.74) is 0. The molecule has 0 saturated carbocycles. The Kier molecular flexibility index (Phi) is 10.3. The lowest BCUT2D eigenvalue weighted by Crippen LogP contribution is -2.18. The average Bonchev–Trinajstić information content (AvgIpc) is 2.30. The third-order valence-corrected chi connectivity index (χ3v) is 3.54. The van der Waals surface area contributed by atoms with Gasteiger partial charge < -0.3 is 5.11 Å². The molecule has 0 spiro atoms. The van der Waals surface area contributed by atoms with Crippen LogP contribution in [0.4, 0.5) is 0 Å². The van der Waals surface area contributed by atoms with Gasteiger partial charge in [0.2, 0.25) is 0 Å². The van der Waals surface area contributed by atoms with Gasteiger partial charge in [0.15, 0.2) is 0 Å². The summed E-state index contributed by atoms with van der Waals surface area (Å²) in [4.78, 5) is 11.2. The van der Waals surface area contributed by atoms with E-state index in [4.69, 9.17) is 0 Å². The lowest BCUT2D eigenvalue weighted by Gasteiger charge is -2.20. The maximum absolute atomic E-state index is 11.2. The summed E-state index contributed by atoms with van der Waals surface area (Å²) in [6.07, 6.45) is 9.92. The van der Waals surface area contributed by atoms with Crippen molar-refractivity contribution in [2.75, 3.05) is 0 Å². The Morgan fingerprint density at radius 1 is 0.941 bits per heavy atom. The van der Waals surface area contributed by atoms with E-state index in [9.17, 15) is 9.90 Å².